The second-order valence-corrected chi connectivity index (χ2v) is 5.15. The third-order valence-electron chi connectivity index (χ3n) is 3.60. The number of rotatable bonds is 3. The molecule has 1 aliphatic rings. The first-order valence-corrected chi connectivity index (χ1v) is 6.57. The number of aryl methyl sites for hydroxylation is 3. The Bertz CT molecular complexity index is 555. The van der Waals surface area contributed by atoms with E-state index in [1.165, 1.54) is 0 Å². The van der Waals surface area contributed by atoms with Gasteiger partial charge in [-0.25, -0.2) is 4.98 Å². The maximum absolute atomic E-state index is 5.62. The lowest BCUT2D eigenvalue weighted by atomic mass is 10.1. The summed E-state index contributed by atoms with van der Waals surface area (Å²) in [6.45, 7) is 8.43. The lowest BCUT2D eigenvalue weighted by Gasteiger charge is -2.12. The van der Waals surface area contributed by atoms with Gasteiger partial charge in [-0.05, 0) is 33.7 Å². The number of hydrogen-bond donors (Lipinski definition) is 0. The van der Waals surface area contributed by atoms with Crippen LogP contribution in [0.2, 0.25) is 0 Å². The van der Waals surface area contributed by atoms with Gasteiger partial charge in [0.15, 0.2) is 5.82 Å². The number of hydrogen-bond acceptors (Lipinski definition) is 6. The minimum absolute atomic E-state index is 0.332. The molecule has 3 rings (SSSR count). The first-order valence-electron chi connectivity index (χ1n) is 6.57. The summed E-state index contributed by atoms with van der Waals surface area (Å²) in [5.74, 6) is 3.47. The van der Waals surface area contributed by atoms with Gasteiger partial charge < -0.3 is 8.94 Å². The van der Waals surface area contributed by atoms with Crippen molar-refractivity contribution >= 4 is 0 Å². The molecule has 0 bridgehead atoms. The van der Waals surface area contributed by atoms with E-state index in [-0.39, 0.29) is 0 Å². The SMILES string of the molecule is Cc1noc([C@H]2CCN(Cc3nc(C)c(C)o3)C2)n1. The molecule has 0 amide bonds. The number of aromatic nitrogens is 3. The molecular weight excluding hydrogens is 244 g/mol. The lowest BCUT2D eigenvalue weighted by Crippen LogP contribution is -2.20. The molecule has 1 aliphatic heterocycles. The van der Waals surface area contributed by atoms with Gasteiger partial charge in [0, 0.05) is 6.54 Å². The molecule has 1 saturated heterocycles. The molecule has 0 radical (unpaired) electrons. The molecule has 0 spiro atoms. The smallest absolute Gasteiger partial charge is 0.231 e. The number of oxazole rings is 1. The molecule has 2 aromatic heterocycles. The van der Waals surface area contributed by atoms with Crippen molar-refractivity contribution in [1.82, 2.24) is 20.0 Å². The van der Waals surface area contributed by atoms with Crippen LogP contribution in [0.3, 0.4) is 0 Å². The summed E-state index contributed by atoms with van der Waals surface area (Å²) in [5.41, 5.74) is 0.971. The van der Waals surface area contributed by atoms with E-state index in [2.05, 4.69) is 20.0 Å². The molecule has 0 unspecified atom stereocenters. The molecule has 0 aliphatic carbocycles. The molecule has 0 N–H and O–H groups in total. The molecule has 6 nitrogen and oxygen atoms in total. The zero-order valence-electron chi connectivity index (χ0n) is 11.5. The Hall–Kier alpha value is -1.69. The van der Waals surface area contributed by atoms with Crippen molar-refractivity contribution in [2.75, 3.05) is 13.1 Å². The summed E-state index contributed by atoms with van der Waals surface area (Å²) in [4.78, 5) is 11.0. The minimum Gasteiger partial charge on any atom is -0.444 e. The summed E-state index contributed by atoms with van der Waals surface area (Å²) in [6.07, 6.45) is 1.04. The normalized spacial score (nSPS) is 20.3. The fraction of sp³-hybridized carbons (Fsp3) is 0.615. The van der Waals surface area contributed by atoms with Crippen LogP contribution in [0.5, 0.6) is 0 Å². The average Bonchev–Trinajstić information content (AvgIpc) is 3.03. The average molecular weight is 262 g/mol. The van der Waals surface area contributed by atoms with E-state index in [4.69, 9.17) is 8.94 Å². The maximum atomic E-state index is 5.62. The lowest BCUT2D eigenvalue weighted by molar-refractivity contribution is 0.276. The van der Waals surface area contributed by atoms with Crippen molar-refractivity contribution in [1.29, 1.82) is 0 Å². The Kier molecular flexibility index (Phi) is 3.10. The van der Waals surface area contributed by atoms with E-state index >= 15 is 0 Å². The highest BCUT2D eigenvalue weighted by atomic mass is 16.5. The maximum Gasteiger partial charge on any atom is 0.231 e. The van der Waals surface area contributed by atoms with Crippen molar-refractivity contribution in [3.63, 3.8) is 0 Å². The number of likely N-dealkylation sites (tertiary alicyclic amines) is 1. The minimum atomic E-state index is 0.332. The molecule has 1 atom stereocenters. The van der Waals surface area contributed by atoms with Crippen LogP contribution in [0, 0.1) is 20.8 Å². The molecular formula is C13H18N4O2. The second kappa shape index (κ2) is 4.77. The van der Waals surface area contributed by atoms with Gasteiger partial charge in [0.05, 0.1) is 18.2 Å². The van der Waals surface area contributed by atoms with Crippen molar-refractivity contribution in [3.8, 4) is 0 Å². The summed E-state index contributed by atoms with van der Waals surface area (Å²) in [6, 6.07) is 0. The Morgan fingerprint density at radius 2 is 2.11 bits per heavy atom. The van der Waals surface area contributed by atoms with E-state index in [1.807, 2.05) is 20.8 Å². The van der Waals surface area contributed by atoms with Crippen molar-refractivity contribution < 1.29 is 8.94 Å². The quantitative estimate of drug-likeness (QED) is 0.842. The van der Waals surface area contributed by atoms with E-state index in [1.54, 1.807) is 0 Å². The zero-order chi connectivity index (χ0) is 13.4. The first-order chi connectivity index (χ1) is 9.11. The molecule has 3 heterocycles. The number of nitrogens with zero attached hydrogens (tertiary/aromatic N) is 4. The van der Waals surface area contributed by atoms with Crippen molar-refractivity contribution in [2.24, 2.45) is 0 Å². The molecule has 1 fully saturated rings. The Balaban J connectivity index is 1.63. The predicted octanol–water partition coefficient (Wildman–Crippen LogP) is 1.97. The molecule has 2 aromatic rings. The first kappa shape index (κ1) is 12.3. The van der Waals surface area contributed by atoms with Gasteiger partial charge in [0.25, 0.3) is 0 Å². The molecule has 0 aromatic carbocycles. The van der Waals surface area contributed by atoms with E-state index in [0.717, 1.165) is 49.3 Å². The standard InChI is InChI=1S/C13H18N4O2/c1-8-9(2)18-12(14-8)7-17-5-4-11(6-17)13-15-10(3)16-19-13/h11H,4-7H2,1-3H3/t11-/m0/s1. The molecule has 19 heavy (non-hydrogen) atoms. The highest BCUT2D eigenvalue weighted by Crippen LogP contribution is 2.27. The monoisotopic (exact) mass is 262 g/mol. The zero-order valence-corrected chi connectivity index (χ0v) is 11.5. The fourth-order valence-corrected chi connectivity index (χ4v) is 2.45. The summed E-state index contributed by atoms with van der Waals surface area (Å²) < 4.78 is 10.9. The Labute approximate surface area is 111 Å². The molecule has 6 heteroatoms. The van der Waals surface area contributed by atoms with Crippen LogP contribution in [0.4, 0.5) is 0 Å². The summed E-state index contributed by atoms with van der Waals surface area (Å²) in [5, 5.41) is 3.85. The van der Waals surface area contributed by atoms with Crippen LogP contribution in [0.15, 0.2) is 8.94 Å². The van der Waals surface area contributed by atoms with Crippen LogP contribution in [-0.4, -0.2) is 33.1 Å². The Morgan fingerprint density at radius 3 is 2.74 bits per heavy atom. The van der Waals surface area contributed by atoms with Crippen LogP contribution < -0.4 is 0 Å². The van der Waals surface area contributed by atoms with Gasteiger partial charge in [-0.1, -0.05) is 5.16 Å². The van der Waals surface area contributed by atoms with Gasteiger partial charge in [0.2, 0.25) is 11.8 Å². The Morgan fingerprint density at radius 1 is 1.26 bits per heavy atom. The summed E-state index contributed by atoms with van der Waals surface area (Å²) >= 11 is 0. The third-order valence-corrected chi connectivity index (χ3v) is 3.60. The van der Waals surface area contributed by atoms with Gasteiger partial charge in [-0.3, -0.25) is 4.90 Å². The molecule has 102 valence electrons. The van der Waals surface area contributed by atoms with Crippen molar-refractivity contribution in [3.05, 3.63) is 29.1 Å². The van der Waals surface area contributed by atoms with E-state index < -0.39 is 0 Å². The van der Waals surface area contributed by atoms with Gasteiger partial charge >= 0.3 is 0 Å². The second-order valence-electron chi connectivity index (χ2n) is 5.15. The third kappa shape index (κ3) is 2.53. The largest absolute Gasteiger partial charge is 0.444 e. The van der Waals surface area contributed by atoms with Gasteiger partial charge in [-0.2, -0.15) is 4.98 Å². The summed E-state index contributed by atoms with van der Waals surface area (Å²) in [7, 11) is 0. The highest BCUT2D eigenvalue weighted by molar-refractivity contribution is 5.06. The van der Waals surface area contributed by atoms with Gasteiger partial charge in [0.1, 0.15) is 5.76 Å². The fourth-order valence-electron chi connectivity index (χ4n) is 2.45. The predicted molar refractivity (Wildman–Crippen MR) is 67.6 cm³/mol. The topological polar surface area (TPSA) is 68.2 Å². The van der Waals surface area contributed by atoms with Gasteiger partial charge in [-0.15, -0.1) is 0 Å². The van der Waals surface area contributed by atoms with Crippen LogP contribution in [0.1, 0.15) is 41.4 Å². The van der Waals surface area contributed by atoms with Crippen LogP contribution >= 0.6 is 0 Å². The van der Waals surface area contributed by atoms with E-state index in [0.29, 0.717) is 11.7 Å². The highest BCUT2D eigenvalue weighted by Gasteiger charge is 2.28. The van der Waals surface area contributed by atoms with Crippen LogP contribution in [-0.2, 0) is 6.54 Å². The van der Waals surface area contributed by atoms with E-state index in [9.17, 15) is 0 Å². The van der Waals surface area contributed by atoms with Crippen molar-refractivity contribution in [2.45, 2.75) is 39.7 Å². The van der Waals surface area contributed by atoms with Crippen LogP contribution in [0.25, 0.3) is 0 Å². The molecule has 0 saturated carbocycles.